The lowest BCUT2D eigenvalue weighted by Gasteiger charge is -2.26. The average molecular weight is 1390 g/mol. The molecule has 0 amide bonds. The van der Waals surface area contributed by atoms with E-state index in [9.17, 15) is 19.5 Å². The molecule has 101 heavy (non-hydrogen) atoms. The van der Waals surface area contributed by atoms with Crippen LogP contribution in [0.25, 0.3) is 0 Å². The van der Waals surface area contributed by atoms with Gasteiger partial charge in [0.2, 0.25) is 0 Å². The molecule has 0 bridgehead atoms. The highest BCUT2D eigenvalue weighted by molar-refractivity contribution is 5.70. The number of hydrogen-bond donors (Lipinski definition) is 0. The molecule has 564 valence electrons. The second-order valence-corrected chi connectivity index (χ2v) is 26.5. The van der Waals surface area contributed by atoms with Crippen LogP contribution in [0, 0.1) is 0 Å². The Kier molecular flexibility index (Phi) is 73.9. The molecule has 0 saturated carbocycles. The molecule has 0 radical (unpaired) electrons. The fourth-order valence-electron chi connectivity index (χ4n) is 9.97. The van der Waals surface area contributed by atoms with Gasteiger partial charge in [-0.15, -0.1) is 0 Å². The molecule has 9 heteroatoms. The first-order chi connectivity index (χ1) is 49.6. The van der Waals surface area contributed by atoms with Crippen molar-refractivity contribution in [2.24, 2.45) is 0 Å². The molecule has 0 saturated heterocycles. The van der Waals surface area contributed by atoms with E-state index in [0.717, 1.165) is 161 Å². The van der Waals surface area contributed by atoms with Crippen LogP contribution < -0.4 is 5.11 Å². The van der Waals surface area contributed by atoms with Crippen molar-refractivity contribution >= 4 is 17.9 Å². The van der Waals surface area contributed by atoms with Gasteiger partial charge in [-0.05, 0) is 161 Å². The maximum absolute atomic E-state index is 13.0. The number of quaternary nitrogens is 1. The van der Waals surface area contributed by atoms with E-state index in [4.69, 9.17) is 18.9 Å². The Morgan fingerprint density at radius 2 is 0.535 bits per heavy atom. The number of allylic oxidation sites excluding steroid dienone is 38. The number of carboxylic acids is 1. The first-order valence-electron chi connectivity index (χ1n) is 39.5. The monoisotopic (exact) mass is 1390 g/mol. The van der Waals surface area contributed by atoms with E-state index >= 15 is 0 Å². The zero-order chi connectivity index (χ0) is 73.2. The van der Waals surface area contributed by atoms with Crippen molar-refractivity contribution in [3.63, 3.8) is 0 Å². The SMILES string of the molecule is CC/C=C\C/C=C\C/C=C\C/C=C\C/C=C\C/C=C\C/C=C\C/C=C\C/C=C\C/C=C\C/C=C\C/C=C\CCCCC(=O)OC(COC(=O)CCCCCCCCCCCCCCCCC/C=C\C/C=C\C/C=C\C/C=C\C/C=C\C/C=C\C/C=C\CC)COC(OCC[N+](C)(C)C)C(=O)[O-]. The third-order valence-electron chi connectivity index (χ3n) is 15.9. The number of carbonyl (C=O) groups excluding carboxylic acids is 3. The lowest BCUT2D eigenvalue weighted by Crippen LogP contribution is -2.44. The van der Waals surface area contributed by atoms with Gasteiger partial charge in [0.1, 0.15) is 13.2 Å². The maximum Gasteiger partial charge on any atom is 0.306 e. The molecule has 0 aliphatic carbocycles. The van der Waals surface area contributed by atoms with Gasteiger partial charge in [-0.2, -0.15) is 0 Å². The molecule has 0 N–H and O–H groups in total. The Balaban J connectivity index is 4.21. The molecule has 0 heterocycles. The molecule has 0 aromatic rings. The van der Waals surface area contributed by atoms with Gasteiger partial charge in [-0.1, -0.05) is 328 Å². The summed E-state index contributed by atoms with van der Waals surface area (Å²) in [5.41, 5.74) is 0. The van der Waals surface area contributed by atoms with Crippen molar-refractivity contribution < 1.29 is 42.9 Å². The van der Waals surface area contributed by atoms with Crippen LogP contribution >= 0.6 is 0 Å². The lowest BCUT2D eigenvalue weighted by molar-refractivity contribution is -0.870. The van der Waals surface area contributed by atoms with E-state index in [1.165, 1.54) is 77.0 Å². The summed E-state index contributed by atoms with van der Waals surface area (Å²) < 4.78 is 22.8. The zero-order valence-corrected chi connectivity index (χ0v) is 64.4. The summed E-state index contributed by atoms with van der Waals surface area (Å²) in [7, 11) is 5.90. The summed E-state index contributed by atoms with van der Waals surface area (Å²) >= 11 is 0. The van der Waals surface area contributed by atoms with Gasteiger partial charge in [0.15, 0.2) is 12.4 Å². The molecule has 0 fully saturated rings. The summed E-state index contributed by atoms with van der Waals surface area (Å²) in [5, 5.41) is 11.9. The third-order valence-corrected chi connectivity index (χ3v) is 15.9. The summed E-state index contributed by atoms with van der Waals surface area (Å²) in [5.74, 6) is -2.36. The highest BCUT2D eigenvalue weighted by Gasteiger charge is 2.22. The van der Waals surface area contributed by atoms with Crippen molar-refractivity contribution in [1.82, 2.24) is 0 Å². The van der Waals surface area contributed by atoms with Crippen molar-refractivity contribution in [1.29, 1.82) is 0 Å². The predicted molar refractivity (Wildman–Crippen MR) is 434 cm³/mol. The minimum Gasteiger partial charge on any atom is -0.545 e. The van der Waals surface area contributed by atoms with Gasteiger partial charge >= 0.3 is 11.9 Å². The summed E-state index contributed by atoms with van der Waals surface area (Å²) in [6.07, 6.45) is 123. The van der Waals surface area contributed by atoms with Crippen LogP contribution in [0.5, 0.6) is 0 Å². The quantitative estimate of drug-likeness (QED) is 0.0195. The first kappa shape index (κ1) is 94.4. The van der Waals surface area contributed by atoms with Gasteiger partial charge in [0.05, 0.1) is 40.3 Å². The smallest absolute Gasteiger partial charge is 0.306 e. The Morgan fingerprint density at radius 3 is 0.812 bits per heavy atom. The maximum atomic E-state index is 13.0. The number of likely N-dealkylation sites (N-methyl/N-ethyl adjacent to an activating group) is 1. The lowest BCUT2D eigenvalue weighted by atomic mass is 10.0. The van der Waals surface area contributed by atoms with Crippen LogP contribution in [0.3, 0.4) is 0 Å². The van der Waals surface area contributed by atoms with Crippen LogP contribution in [0.1, 0.15) is 271 Å². The van der Waals surface area contributed by atoms with Crippen LogP contribution in [0.15, 0.2) is 231 Å². The first-order valence-corrected chi connectivity index (χ1v) is 39.5. The number of esters is 2. The molecule has 0 aromatic carbocycles. The van der Waals surface area contributed by atoms with Gasteiger partial charge in [0.25, 0.3) is 0 Å². The molecule has 0 rings (SSSR count). The highest BCUT2D eigenvalue weighted by Crippen LogP contribution is 2.16. The van der Waals surface area contributed by atoms with Crippen LogP contribution in [0.2, 0.25) is 0 Å². The minimum atomic E-state index is -1.65. The van der Waals surface area contributed by atoms with Gasteiger partial charge < -0.3 is 33.3 Å². The van der Waals surface area contributed by atoms with E-state index < -0.39 is 24.3 Å². The Morgan fingerprint density at radius 1 is 0.297 bits per heavy atom. The fourth-order valence-corrected chi connectivity index (χ4v) is 9.97. The highest BCUT2D eigenvalue weighted by atomic mass is 16.7. The van der Waals surface area contributed by atoms with E-state index in [1.807, 2.05) is 21.1 Å². The number of carbonyl (C=O) groups is 3. The predicted octanol–water partition coefficient (Wildman–Crippen LogP) is 24.5. The second kappa shape index (κ2) is 79.1. The largest absolute Gasteiger partial charge is 0.545 e. The third kappa shape index (κ3) is 80.5. The Labute approximate surface area is 619 Å². The average Bonchev–Trinajstić information content (AvgIpc) is 1.21. The zero-order valence-electron chi connectivity index (χ0n) is 64.4. The molecule has 2 unspecified atom stereocenters. The number of aliphatic carboxylic acids is 1. The molecule has 0 spiro atoms. The number of ether oxygens (including phenoxy) is 4. The van der Waals surface area contributed by atoms with Crippen molar-refractivity contribution in [2.45, 2.75) is 283 Å². The van der Waals surface area contributed by atoms with E-state index in [2.05, 4.69) is 245 Å². The molecular weight excluding hydrogens is 1250 g/mol. The molecule has 2 atom stereocenters. The topological polar surface area (TPSA) is 111 Å². The Hall–Kier alpha value is -6.65. The standard InChI is InChI=1S/C92H143NO8/c1-6-8-10-12-14-16-18-20-22-24-26-28-30-32-34-36-38-40-42-44-45-47-49-51-53-55-57-59-61-63-65-67-69-71-73-75-77-79-81-83-90(95)101-88(87-100-92(91(96)97)98-85-84-93(3,4)5)86-99-89(94)82-80-78-76-74-72-70-68-66-64-62-60-58-56-54-52-50-48-46-43-41-39-37-35-33-31-29-27-25-23-21-19-17-15-13-11-9-7-2/h8-11,14-17,20-23,26-29,32-35,38-41,44-46,48-49,51,55,57,61,63,67,69,73,75,88,92H,6-7,12-13,18-19,24-25,30-31,36-37,42-43,47,50,52-54,56,58-60,62,64-66,68,70-72,74,76-87H2,1-5H3/b10-8-,11-9-,16-14-,17-15-,22-20-,23-21-,28-26-,29-27-,34-32-,35-33-,40-38-,41-39-,45-44-,48-46-,51-49-,57-55-,63-61-,69-67-,75-73-. The molecule has 9 nitrogen and oxygen atoms in total. The van der Waals surface area contributed by atoms with Crippen molar-refractivity contribution in [3.05, 3.63) is 231 Å². The summed E-state index contributed by atoms with van der Waals surface area (Å²) in [6.45, 7) is 4.45. The minimum absolute atomic E-state index is 0.127. The van der Waals surface area contributed by atoms with Crippen LogP contribution in [-0.4, -0.2) is 82.3 Å². The van der Waals surface area contributed by atoms with Gasteiger partial charge in [0, 0.05) is 12.8 Å². The molecule has 0 aliphatic heterocycles. The number of nitrogens with zero attached hydrogens (tertiary/aromatic N) is 1. The Bertz CT molecular complexity index is 2520. The number of unbranched alkanes of at least 4 members (excludes halogenated alkanes) is 17. The molecule has 0 aromatic heterocycles. The number of hydrogen-bond acceptors (Lipinski definition) is 8. The van der Waals surface area contributed by atoms with Crippen LogP contribution in [-0.2, 0) is 33.3 Å². The van der Waals surface area contributed by atoms with Crippen molar-refractivity contribution in [3.8, 4) is 0 Å². The van der Waals surface area contributed by atoms with E-state index in [-0.39, 0.29) is 38.6 Å². The van der Waals surface area contributed by atoms with Crippen LogP contribution in [0.4, 0.5) is 0 Å². The van der Waals surface area contributed by atoms with Gasteiger partial charge in [-0.25, -0.2) is 0 Å². The van der Waals surface area contributed by atoms with Crippen molar-refractivity contribution in [2.75, 3.05) is 47.5 Å². The number of carboxylic acid groups (broad SMARTS) is 1. The summed E-state index contributed by atoms with van der Waals surface area (Å²) in [6, 6.07) is 0. The van der Waals surface area contributed by atoms with E-state index in [1.54, 1.807) is 0 Å². The van der Waals surface area contributed by atoms with E-state index in [0.29, 0.717) is 17.4 Å². The summed E-state index contributed by atoms with van der Waals surface area (Å²) in [4.78, 5) is 37.6. The van der Waals surface area contributed by atoms with Gasteiger partial charge in [-0.3, -0.25) is 9.59 Å². The normalized spacial score (nSPS) is 14.0. The fraction of sp³-hybridized carbons (Fsp3) is 0.554. The second-order valence-electron chi connectivity index (χ2n) is 26.5. The number of rotatable bonds is 70. The molecule has 0 aliphatic rings. The molecular formula is C92H143NO8.